The van der Waals surface area contributed by atoms with Crippen LogP contribution in [0.4, 0.5) is 16.4 Å². The van der Waals surface area contributed by atoms with Crippen molar-refractivity contribution in [2.75, 3.05) is 30.3 Å². The molecule has 3 atom stereocenters. The molecule has 170 valence electrons. The molecule has 8 nitrogen and oxygen atoms in total. The van der Waals surface area contributed by atoms with Gasteiger partial charge in [-0.25, -0.2) is 4.79 Å². The Morgan fingerprint density at radius 3 is 3.10 bits per heavy atom. The predicted octanol–water partition coefficient (Wildman–Crippen LogP) is 4.74. The number of nitrogens with one attached hydrogen (secondary N) is 4. The van der Waals surface area contributed by atoms with E-state index < -0.39 is 6.09 Å². The minimum Gasteiger partial charge on any atom is -0.449 e. The fraction of sp³-hybridized carbons (Fsp3) is 0.652. The van der Waals surface area contributed by atoms with Gasteiger partial charge in [0, 0.05) is 30.4 Å². The lowest BCUT2D eigenvalue weighted by Crippen LogP contribution is -2.37. The van der Waals surface area contributed by atoms with Crippen molar-refractivity contribution in [2.45, 2.75) is 65.5 Å². The van der Waals surface area contributed by atoms with Crippen molar-refractivity contribution >= 4 is 17.7 Å². The van der Waals surface area contributed by atoms with Crippen LogP contribution in [0.15, 0.2) is 12.3 Å². The maximum atomic E-state index is 12.6. The van der Waals surface area contributed by atoms with Gasteiger partial charge in [-0.15, -0.1) is 0 Å². The zero-order valence-corrected chi connectivity index (χ0v) is 19.0. The van der Waals surface area contributed by atoms with Gasteiger partial charge in [-0.3, -0.25) is 10.00 Å². The third-order valence-electron chi connectivity index (χ3n) is 6.57. The lowest BCUT2D eigenvalue weighted by atomic mass is 9.94. The number of ether oxygens (including phenoxy) is 1. The fourth-order valence-electron chi connectivity index (χ4n) is 4.63. The summed E-state index contributed by atoms with van der Waals surface area (Å²) in [6, 6.07) is 2.31. The summed E-state index contributed by atoms with van der Waals surface area (Å²) in [6.45, 7) is 9.56. The second-order valence-electron chi connectivity index (χ2n) is 9.10. The van der Waals surface area contributed by atoms with E-state index in [1.165, 1.54) is 19.3 Å². The number of anilines is 2. The van der Waals surface area contributed by atoms with E-state index in [2.05, 4.69) is 52.5 Å². The molecule has 0 radical (unpaired) electrons. The van der Waals surface area contributed by atoms with Crippen LogP contribution in [0.1, 0.15) is 64.5 Å². The van der Waals surface area contributed by atoms with Gasteiger partial charge in [0.2, 0.25) is 0 Å². The van der Waals surface area contributed by atoms with Crippen molar-refractivity contribution < 1.29 is 9.53 Å². The minimum atomic E-state index is -0.426. The van der Waals surface area contributed by atoms with Gasteiger partial charge >= 0.3 is 6.09 Å². The highest BCUT2D eigenvalue weighted by Gasteiger charge is 2.32. The number of hydrogen-bond acceptors (Lipinski definition) is 5. The third-order valence-corrected chi connectivity index (χ3v) is 6.57. The topological polar surface area (TPSA) is 96.0 Å². The highest BCUT2D eigenvalue weighted by Crippen LogP contribution is 2.41. The van der Waals surface area contributed by atoms with Crippen LogP contribution in [0.25, 0.3) is 11.3 Å². The molecule has 4 rings (SSSR count). The summed E-state index contributed by atoms with van der Waals surface area (Å²) in [4.78, 5) is 15.8. The van der Waals surface area contributed by atoms with Gasteiger partial charge < -0.3 is 20.4 Å². The molecule has 1 unspecified atom stereocenters. The lowest BCUT2D eigenvalue weighted by molar-refractivity contribution is 0.141. The van der Waals surface area contributed by atoms with Gasteiger partial charge in [-0.2, -0.15) is 5.10 Å². The standard InChI is InChI=1S/C23H36N6O2/c1-4-5-6-7-15(2)14-31-23(30)27-22-18-12-26-21-17(9-11-25-21)20(18)29(28-22)19-13-24-10-8-16(19)3/h9,11,15-16,19,24-26H,4-8,10,12-14H2,1-3H3,(H,27,28,30)/t15?,16-,19+/m1/s1. The number of amides is 1. The second-order valence-corrected chi connectivity index (χ2v) is 9.10. The molecule has 1 saturated heterocycles. The van der Waals surface area contributed by atoms with E-state index in [0.29, 0.717) is 30.8 Å². The Hall–Kier alpha value is -2.48. The molecule has 1 fully saturated rings. The third kappa shape index (κ3) is 4.74. The molecular weight excluding hydrogens is 392 g/mol. The Bertz CT molecular complexity index is 889. The number of carbonyl (C=O) groups is 1. The van der Waals surface area contributed by atoms with E-state index in [1.54, 1.807) is 0 Å². The average Bonchev–Trinajstić information content (AvgIpc) is 3.37. The highest BCUT2D eigenvalue weighted by molar-refractivity contribution is 5.89. The van der Waals surface area contributed by atoms with Crippen molar-refractivity contribution in [1.29, 1.82) is 0 Å². The molecule has 4 heterocycles. The van der Waals surface area contributed by atoms with Gasteiger partial charge in [-0.1, -0.05) is 40.0 Å². The highest BCUT2D eigenvalue weighted by atomic mass is 16.5. The van der Waals surface area contributed by atoms with Crippen molar-refractivity contribution in [3.8, 4) is 11.3 Å². The molecule has 0 aromatic carbocycles. The second kappa shape index (κ2) is 9.77. The average molecular weight is 429 g/mol. The summed E-state index contributed by atoms with van der Waals surface area (Å²) in [6.07, 6.45) is 7.31. The number of hydrogen-bond donors (Lipinski definition) is 4. The summed E-state index contributed by atoms with van der Waals surface area (Å²) in [5, 5.41) is 14.7. The SMILES string of the molecule is CCCCCC(C)COC(=O)Nc1nn([C@H]2CNCC[C@H]2C)c2c1CNc1[nH]ccc1-2. The van der Waals surface area contributed by atoms with Crippen molar-refractivity contribution in [1.82, 2.24) is 20.1 Å². The normalized spacial score (nSPS) is 21.0. The molecule has 8 heteroatoms. The van der Waals surface area contributed by atoms with Crippen molar-refractivity contribution in [3.05, 3.63) is 17.8 Å². The fourth-order valence-corrected chi connectivity index (χ4v) is 4.63. The van der Waals surface area contributed by atoms with Gasteiger partial charge in [0.25, 0.3) is 0 Å². The minimum absolute atomic E-state index is 0.244. The van der Waals surface area contributed by atoms with E-state index in [-0.39, 0.29) is 6.04 Å². The first-order valence-electron chi connectivity index (χ1n) is 11.8. The maximum Gasteiger partial charge on any atom is 0.412 e. The predicted molar refractivity (Wildman–Crippen MR) is 123 cm³/mol. The van der Waals surface area contributed by atoms with E-state index >= 15 is 0 Å². The monoisotopic (exact) mass is 428 g/mol. The van der Waals surface area contributed by atoms with E-state index in [0.717, 1.165) is 48.6 Å². The zero-order valence-electron chi connectivity index (χ0n) is 19.0. The van der Waals surface area contributed by atoms with Crippen LogP contribution < -0.4 is 16.0 Å². The molecule has 2 aromatic heterocycles. The molecule has 31 heavy (non-hydrogen) atoms. The van der Waals surface area contributed by atoms with Gasteiger partial charge in [0.05, 0.1) is 18.3 Å². The lowest BCUT2D eigenvalue weighted by Gasteiger charge is -2.31. The number of aromatic nitrogens is 3. The molecule has 0 saturated carbocycles. The summed E-state index contributed by atoms with van der Waals surface area (Å²) in [5.74, 6) is 2.46. The van der Waals surface area contributed by atoms with E-state index in [4.69, 9.17) is 9.84 Å². The molecular formula is C23H36N6O2. The van der Waals surface area contributed by atoms with Gasteiger partial charge in [-0.05, 0) is 37.3 Å². The number of rotatable bonds is 8. The zero-order chi connectivity index (χ0) is 21.8. The molecule has 0 bridgehead atoms. The van der Waals surface area contributed by atoms with E-state index in [9.17, 15) is 4.79 Å². The van der Waals surface area contributed by atoms with Crippen LogP contribution in [0.5, 0.6) is 0 Å². The van der Waals surface area contributed by atoms with Crippen LogP contribution in [-0.2, 0) is 11.3 Å². The number of fused-ring (bicyclic) bond motifs is 3. The quantitative estimate of drug-likeness (QED) is 0.456. The number of piperidine rings is 1. The molecule has 2 aromatic rings. The van der Waals surface area contributed by atoms with Gasteiger partial charge in [0.15, 0.2) is 5.82 Å². The maximum absolute atomic E-state index is 12.6. The first-order valence-corrected chi connectivity index (χ1v) is 11.8. The Morgan fingerprint density at radius 2 is 2.29 bits per heavy atom. The van der Waals surface area contributed by atoms with Crippen LogP contribution in [-0.4, -0.2) is 40.6 Å². The summed E-state index contributed by atoms with van der Waals surface area (Å²) in [5.41, 5.74) is 3.19. The summed E-state index contributed by atoms with van der Waals surface area (Å²) in [7, 11) is 0. The summed E-state index contributed by atoms with van der Waals surface area (Å²) >= 11 is 0. The van der Waals surface area contributed by atoms with Crippen LogP contribution in [0.3, 0.4) is 0 Å². The largest absolute Gasteiger partial charge is 0.449 e. The Morgan fingerprint density at radius 1 is 1.42 bits per heavy atom. The number of aromatic amines is 1. The number of H-pyrrole nitrogens is 1. The van der Waals surface area contributed by atoms with Crippen molar-refractivity contribution in [3.63, 3.8) is 0 Å². The van der Waals surface area contributed by atoms with Crippen LogP contribution in [0, 0.1) is 11.8 Å². The van der Waals surface area contributed by atoms with Crippen molar-refractivity contribution in [2.24, 2.45) is 11.8 Å². The first-order chi connectivity index (χ1) is 15.1. The van der Waals surface area contributed by atoms with Crippen LogP contribution in [0.2, 0.25) is 0 Å². The Balaban J connectivity index is 1.51. The number of carbonyl (C=O) groups excluding carboxylic acids is 1. The molecule has 0 spiro atoms. The molecule has 2 aliphatic heterocycles. The van der Waals surface area contributed by atoms with Crippen LogP contribution >= 0.6 is 0 Å². The summed E-state index contributed by atoms with van der Waals surface area (Å²) < 4.78 is 7.64. The molecule has 4 N–H and O–H groups in total. The first kappa shape index (κ1) is 21.7. The number of nitrogens with zero attached hydrogens (tertiary/aromatic N) is 2. The smallest absolute Gasteiger partial charge is 0.412 e. The Kier molecular flexibility index (Phi) is 6.85. The molecule has 0 aliphatic carbocycles. The Labute approximate surface area is 184 Å². The van der Waals surface area contributed by atoms with E-state index in [1.807, 2.05) is 6.20 Å². The molecule has 2 aliphatic rings. The van der Waals surface area contributed by atoms with Gasteiger partial charge in [0.1, 0.15) is 5.82 Å². The number of unbranched alkanes of at least 4 members (excludes halogenated alkanes) is 2. The molecule has 1 amide bonds.